The summed E-state index contributed by atoms with van der Waals surface area (Å²) in [6.07, 6.45) is 17.6. The zero-order valence-electron chi connectivity index (χ0n) is 30.5. The summed E-state index contributed by atoms with van der Waals surface area (Å²) in [6, 6.07) is 31.6. The van der Waals surface area contributed by atoms with Gasteiger partial charge in [0.2, 0.25) is 0 Å². The number of allylic oxidation sites excluding steroid dienone is 2. The first-order valence-electron chi connectivity index (χ1n) is 19.9. The van der Waals surface area contributed by atoms with Crippen molar-refractivity contribution in [3.05, 3.63) is 102 Å². The molecule has 3 nitrogen and oxygen atoms in total. The van der Waals surface area contributed by atoms with Gasteiger partial charge in [-0.25, -0.2) is 0 Å². The van der Waals surface area contributed by atoms with Gasteiger partial charge in [0, 0.05) is 50.7 Å². The third-order valence-electron chi connectivity index (χ3n) is 15.7. The summed E-state index contributed by atoms with van der Waals surface area (Å²) in [5, 5.41) is 0. The molecule has 0 radical (unpaired) electrons. The number of rotatable bonds is 2. The third-order valence-corrected chi connectivity index (χ3v) is 15.7. The van der Waals surface area contributed by atoms with Crippen molar-refractivity contribution in [1.82, 2.24) is 0 Å². The van der Waals surface area contributed by atoms with E-state index in [1.54, 1.807) is 11.1 Å². The maximum atomic E-state index is 2.92. The van der Waals surface area contributed by atoms with Crippen LogP contribution in [0.15, 0.2) is 90.6 Å². The molecule has 4 atom stereocenters. The minimum Gasteiger partial charge on any atom is -0.335 e. The molecule has 0 saturated heterocycles. The molecule has 252 valence electrons. The number of fused-ring (bicyclic) bond motifs is 10. The van der Waals surface area contributed by atoms with Gasteiger partial charge in [0.15, 0.2) is 0 Å². The first kappa shape index (κ1) is 29.8. The molecular weight excluding hydrogens is 605 g/mol. The van der Waals surface area contributed by atoms with Gasteiger partial charge in [-0.3, -0.25) is 0 Å². The first-order valence-corrected chi connectivity index (χ1v) is 19.9. The molecule has 0 N–H and O–H groups in total. The van der Waals surface area contributed by atoms with Crippen LogP contribution in [0.25, 0.3) is 0 Å². The predicted molar refractivity (Wildman–Crippen MR) is 212 cm³/mol. The molecule has 3 aliphatic carbocycles. The summed E-state index contributed by atoms with van der Waals surface area (Å²) in [4.78, 5) is 8.48. The smallest absolute Gasteiger partial charge is 0.252 e. The average molecular weight is 656 g/mol. The van der Waals surface area contributed by atoms with Gasteiger partial charge < -0.3 is 14.7 Å². The van der Waals surface area contributed by atoms with Crippen molar-refractivity contribution in [3.63, 3.8) is 0 Å². The molecule has 2 fully saturated rings. The fourth-order valence-corrected chi connectivity index (χ4v) is 12.8. The van der Waals surface area contributed by atoms with Gasteiger partial charge in [-0.05, 0) is 117 Å². The second kappa shape index (κ2) is 9.90. The number of hydrogen-bond donors (Lipinski definition) is 0. The fourth-order valence-electron chi connectivity index (χ4n) is 12.8. The Labute approximate surface area is 299 Å². The minimum atomic E-state index is 0.0167. The Balaban J connectivity index is 1.25. The molecular formula is C46H50BN3. The molecule has 7 aliphatic rings. The van der Waals surface area contributed by atoms with Crippen molar-refractivity contribution in [2.75, 3.05) is 14.7 Å². The van der Waals surface area contributed by atoms with Crippen molar-refractivity contribution in [2.45, 2.75) is 127 Å². The normalized spacial score (nSPS) is 31.3. The summed E-state index contributed by atoms with van der Waals surface area (Å²) in [7, 11) is 0. The number of nitrogens with zero attached hydrogens (tertiary/aromatic N) is 3. The molecule has 4 heteroatoms. The lowest BCUT2D eigenvalue weighted by atomic mass is 9.33. The van der Waals surface area contributed by atoms with E-state index in [1.807, 2.05) is 0 Å². The van der Waals surface area contributed by atoms with Crippen LogP contribution in [0, 0.1) is 0 Å². The SMILES string of the molecule is CC12CCCCC1(C)N(c1cc3c4c(c1)N1c5c(cccc5C5(C)CCCCC15C)B4c1ccccc1N3C1=CCCCC1)c1ccccc12. The van der Waals surface area contributed by atoms with Gasteiger partial charge in [0.05, 0.1) is 11.1 Å². The van der Waals surface area contributed by atoms with Gasteiger partial charge in [0.25, 0.3) is 6.71 Å². The van der Waals surface area contributed by atoms with Crippen molar-refractivity contribution >= 4 is 57.2 Å². The summed E-state index contributed by atoms with van der Waals surface area (Å²) in [5.41, 5.74) is 18.0. The molecule has 2 saturated carbocycles. The Morgan fingerprint density at radius 1 is 0.560 bits per heavy atom. The molecule has 4 aliphatic heterocycles. The van der Waals surface area contributed by atoms with E-state index in [-0.39, 0.29) is 28.6 Å². The Bertz CT molecular complexity index is 2150. The van der Waals surface area contributed by atoms with Crippen LogP contribution in [0.1, 0.15) is 116 Å². The second-order valence-corrected chi connectivity index (χ2v) is 17.7. The highest BCUT2D eigenvalue weighted by molar-refractivity contribution is 7.00. The van der Waals surface area contributed by atoms with E-state index >= 15 is 0 Å². The van der Waals surface area contributed by atoms with Gasteiger partial charge in [0.1, 0.15) is 0 Å². The molecule has 0 spiro atoms. The average Bonchev–Trinajstić information content (AvgIpc) is 3.49. The van der Waals surface area contributed by atoms with Crippen LogP contribution in [0.2, 0.25) is 0 Å². The second-order valence-electron chi connectivity index (χ2n) is 17.7. The standard InChI is InChI=1S/C46H50BN3/c1-43-25-12-14-27-45(43,3)49(37-23-10-8-19-33(37)43)32-29-39-41-40(30-32)50-42-34(44(2)26-13-15-28-46(44,50)4)20-16-22-36(42)47(41)35-21-9-11-24-38(35)48(39)31-17-6-5-7-18-31/h8-11,16-17,19-24,29-30H,5-7,12-15,18,25-28H2,1-4H3. The van der Waals surface area contributed by atoms with Crippen LogP contribution in [0.5, 0.6) is 0 Å². The molecule has 50 heavy (non-hydrogen) atoms. The Morgan fingerprint density at radius 2 is 1.20 bits per heavy atom. The maximum Gasteiger partial charge on any atom is 0.252 e. The van der Waals surface area contributed by atoms with Crippen LogP contribution in [-0.4, -0.2) is 17.8 Å². The number of para-hydroxylation sites is 3. The molecule has 0 aromatic heterocycles. The van der Waals surface area contributed by atoms with E-state index < -0.39 is 0 Å². The fraction of sp³-hybridized carbons (Fsp3) is 0.435. The van der Waals surface area contributed by atoms with E-state index in [2.05, 4.69) is 127 Å². The van der Waals surface area contributed by atoms with Crippen LogP contribution in [0.3, 0.4) is 0 Å². The monoisotopic (exact) mass is 655 g/mol. The summed E-state index contributed by atoms with van der Waals surface area (Å²) < 4.78 is 0. The zero-order chi connectivity index (χ0) is 33.6. The molecule has 11 rings (SSSR count). The highest BCUT2D eigenvalue weighted by Gasteiger charge is 2.62. The summed E-state index contributed by atoms with van der Waals surface area (Å²) in [5.74, 6) is 0. The van der Waals surface area contributed by atoms with Gasteiger partial charge in [-0.1, -0.05) is 100 Å². The minimum absolute atomic E-state index is 0.0167. The van der Waals surface area contributed by atoms with E-state index in [4.69, 9.17) is 0 Å². The van der Waals surface area contributed by atoms with E-state index in [0.717, 1.165) is 6.42 Å². The van der Waals surface area contributed by atoms with Crippen LogP contribution in [-0.2, 0) is 10.8 Å². The molecule has 0 amide bonds. The van der Waals surface area contributed by atoms with E-state index in [9.17, 15) is 0 Å². The molecule has 4 unspecified atom stereocenters. The number of benzene rings is 4. The van der Waals surface area contributed by atoms with Crippen molar-refractivity contribution < 1.29 is 0 Å². The van der Waals surface area contributed by atoms with Crippen LogP contribution < -0.4 is 31.1 Å². The lowest BCUT2D eigenvalue weighted by molar-refractivity contribution is 0.194. The zero-order valence-corrected chi connectivity index (χ0v) is 30.5. The molecule has 4 aromatic carbocycles. The van der Waals surface area contributed by atoms with Gasteiger partial charge in [-0.15, -0.1) is 0 Å². The lowest BCUT2D eigenvalue weighted by Crippen LogP contribution is -2.65. The molecule has 4 heterocycles. The van der Waals surface area contributed by atoms with Crippen LogP contribution in [0.4, 0.5) is 34.1 Å². The Morgan fingerprint density at radius 3 is 1.98 bits per heavy atom. The van der Waals surface area contributed by atoms with Gasteiger partial charge in [-0.2, -0.15) is 0 Å². The van der Waals surface area contributed by atoms with Crippen LogP contribution >= 0.6 is 0 Å². The molecule has 0 bridgehead atoms. The van der Waals surface area contributed by atoms with E-state index in [0.29, 0.717) is 0 Å². The van der Waals surface area contributed by atoms with Crippen molar-refractivity contribution in [1.29, 1.82) is 0 Å². The quantitative estimate of drug-likeness (QED) is 0.199. The Hall–Kier alpha value is -3.92. The van der Waals surface area contributed by atoms with Crippen molar-refractivity contribution in [3.8, 4) is 0 Å². The summed E-state index contributed by atoms with van der Waals surface area (Å²) >= 11 is 0. The largest absolute Gasteiger partial charge is 0.335 e. The van der Waals surface area contributed by atoms with Gasteiger partial charge >= 0.3 is 0 Å². The molecule has 4 aromatic rings. The Kier molecular flexibility index (Phi) is 5.90. The number of anilines is 6. The predicted octanol–water partition coefficient (Wildman–Crippen LogP) is 9.91. The maximum absolute atomic E-state index is 2.92. The highest BCUT2D eigenvalue weighted by Crippen LogP contribution is 2.64. The number of hydrogen-bond acceptors (Lipinski definition) is 3. The lowest BCUT2D eigenvalue weighted by Gasteiger charge is -2.54. The van der Waals surface area contributed by atoms with E-state index in [1.165, 1.54) is 127 Å². The first-order chi connectivity index (χ1) is 24.3. The third kappa shape index (κ3) is 3.36. The summed E-state index contributed by atoms with van der Waals surface area (Å²) in [6.45, 7) is 10.6. The van der Waals surface area contributed by atoms with Crippen molar-refractivity contribution in [2.24, 2.45) is 0 Å². The topological polar surface area (TPSA) is 9.72 Å². The highest BCUT2D eigenvalue weighted by atomic mass is 15.3.